The molecule has 0 heterocycles. The third kappa shape index (κ3) is 10.1. The van der Waals surface area contributed by atoms with Crippen molar-refractivity contribution in [1.82, 2.24) is 15.5 Å². The average Bonchev–Trinajstić information content (AvgIpc) is 3.29. The highest BCUT2D eigenvalue weighted by atomic mass is 127. The van der Waals surface area contributed by atoms with E-state index in [0.717, 1.165) is 12.8 Å². The number of guanidine groups is 1. The molecule has 0 aromatic carbocycles. The van der Waals surface area contributed by atoms with Crippen molar-refractivity contribution in [2.24, 2.45) is 4.99 Å². The predicted molar refractivity (Wildman–Crippen MR) is 112 cm³/mol. The number of carbonyl (C=O) groups is 1. The van der Waals surface area contributed by atoms with Crippen LogP contribution in [0.25, 0.3) is 0 Å². The monoisotopic (exact) mass is 470 g/mol. The number of hydrogen-bond donors (Lipinski definition) is 2. The molecule has 1 aliphatic carbocycles. The lowest BCUT2D eigenvalue weighted by molar-refractivity contribution is 0.0237. The number of carbonyl (C=O) groups excluding carboxylic acids is 1. The lowest BCUT2D eigenvalue weighted by atomic mass is 10.1. The molecule has 1 aliphatic rings. The summed E-state index contributed by atoms with van der Waals surface area (Å²) in [6.07, 6.45) is 1.86. The molecular weight excluding hydrogens is 435 g/mol. The lowest BCUT2D eigenvalue weighted by Crippen LogP contribution is -2.48. The molecule has 0 saturated heterocycles. The predicted octanol–water partition coefficient (Wildman–Crippen LogP) is 2.59. The quantitative estimate of drug-likeness (QED) is 0.340. The number of amides is 1. The Morgan fingerprint density at radius 2 is 1.80 bits per heavy atom. The Morgan fingerprint density at radius 3 is 2.24 bits per heavy atom. The van der Waals surface area contributed by atoms with E-state index in [9.17, 15) is 4.79 Å². The van der Waals surface area contributed by atoms with Crippen molar-refractivity contribution in [1.29, 1.82) is 0 Å². The van der Waals surface area contributed by atoms with E-state index in [1.807, 2.05) is 39.5 Å². The van der Waals surface area contributed by atoms with Crippen molar-refractivity contribution >= 4 is 36.0 Å². The summed E-state index contributed by atoms with van der Waals surface area (Å²) in [5.74, 6) is 0.695. The van der Waals surface area contributed by atoms with E-state index in [0.29, 0.717) is 31.6 Å². The number of methoxy groups -OCH3 is 1. The first-order valence-electron chi connectivity index (χ1n) is 8.57. The van der Waals surface area contributed by atoms with Crippen molar-refractivity contribution in [3.63, 3.8) is 0 Å². The fourth-order valence-electron chi connectivity index (χ4n) is 2.01. The summed E-state index contributed by atoms with van der Waals surface area (Å²) >= 11 is 0. The van der Waals surface area contributed by atoms with Crippen molar-refractivity contribution in [2.45, 2.75) is 64.7 Å². The van der Waals surface area contributed by atoms with Crippen LogP contribution >= 0.6 is 24.0 Å². The molecule has 0 aromatic rings. The normalized spacial score (nSPS) is 15.2. The molecule has 148 valence electrons. The summed E-state index contributed by atoms with van der Waals surface area (Å²) in [7, 11) is 3.41. The Labute approximate surface area is 169 Å². The average molecular weight is 470 g/mol. The van der Waals surface area contributed by atoms with Crippen LogP contribution in [0.4, 0.5) is 4.79 Å². The molecule has 8 heteroatoms. The third-order valence-electron chi connectivity index (χ3n) is 3.72. The summed E-state index contributed by atoms with van der Waals surface area (Å²) in [6.45, 7) is 11.5. The summed E-state index contributed by atoms with van der Waals surface area (Å²) in [4.78, 5) is 18.3. The molecule has 2 N–H and O–H groups in total. The van der Waals surface area contributed by atoms with Gasteiger partial charge in [0.05, 0.1) is 5.60 Å². The number of aliphatic imine (C=N–C) groups is 1. The first kappa shape index (κ1) is 24.2. The van der Waals surface area contributed by atoms with E-state index >= 15 is 0 Å². The molecule has 1 amide bonds. The number of nitrogens with one attached hydrogen (secondary N) is 2. The minimum atomic E-state index is -0.471. The Hall–Kier alpha value is -0.770. The first-order chi connectivity index (χ1) is 11.1. The van der Waals surface area contributed by atoms with Crippen LogP contribution in [0.5, 0.6) is 0 Å². The highest BCUT2D eigenvalue weighted by molar-refractivity contribution is 14.0. The van der Waals surface area contributed by atoms with E-state index in [1.54, 1.807) is 14.2 Å². The molecule has 0 radical (unpaired) electrons. The molecule has 0 unspecified atom stereocenters. The van der Waals surface area contributed by atoms with Gasteiger partial charge < -0.3 is 25.0 Å². The van der Waals surface area contributed by atoms with Gasteiger partial charge in [-0.2, -0.15) is 0 Å². The second-order valence-corrected chi connectivity index (χ2v) is 7.72. The summed E-state index contributed by atoms with van der Waals surface area (Å²) in [6, 6.07) is 0.309. The number of halogens is 1. The third-order valence-corrected chi connectivity index (χ3v) is 3.72. The Kier molecular flexibility index (Phi) is 10.1. The number of nitrogens with zero attached hydrogens (tertiary/aromatic N) is 2. The molecule has 7 nitrogen and oxygen atoms in total. The number of ether oxygens (including phenoxy) is 2. The minimum Gasteiger partial charge on any atom is -0.444 e. The molecule has 0 bridgehead atoms. The number of rotatable bonds is 7. The van der Waals surface area contributed by atoms with Crippen molar-refractivity contribution in [3.05, 3.63) is 0 Å². The van der Waals surface area contributed by atoms with Gasteiger partial charge in [0.1, 0.15) is 5.60 Å². The smallest absolute Gasteiger partial charge is 0.410 e. The van der Waals surface area contributed by atoms with Crippen LogP contribution in [0.3, 0.4) is 0 Å². The van der Waals surface area contributed by atoms with Crippen LogP contribution in [0.15, 0.2) is 4.99 Å². The minimum absolute atomic E-state index is 0. The first-order valence-corrected chi connectivity index (χ1v) is 8.57. The van der Waals surface area contributed by atoms with E-state index in [4.69, 9.17) is 9.47 Å². The summed E-state index contributed by atoms with van der Waals surface area (Å²) < 4.78 is 10.9. The van der Waals surface area contributed by atoms with Crippen LogP contribution in [-0.4, -0.2) is 68.0 Å². The Bertz CT molecular complexity index is 446. The zero-order valence-corrected chi connectivity index (χ0v) is 19.0. The molecule has 0 atom stereocenters. The van der Waals surface area contributed by atoms with Gasteiger partial charge in [0.2, 0.25) is 0 Å². The van der Waals surface area contributed by atoms with Gasteiger partial charge in [0.25, 0.3) is 0 Å². The maximum atomic E-state index is 12.3. The largest absolute Gasteiger partial charge is 0.444 e. The standard InChI is InChI=1S/C17H34N4O3.HI/c1-16(2,3)24-15(22)21(13-8-9-13)11-10-19-14(18-6)20-12-17(4,5)23-7;/h13H,8-12H2,1-7H3,(H2,18,19,20);1H. The molecule has 0 spiro atoms. The van der Waals surface area contributed by atoms with Gasteiger partial charge in [0.15, 0.2) is 5.96 Å². The summed E-state index contributed by atoms with van der Waals surface area (Å²) in [5, 5.41) is 6.46. The molecule has 1 rings (SSSR count). The van der Waals surface area contributed by atoms with Gasteiger partial charge in [-0.25, -0.2) is 4.79 Å². The van der Waals surface area contributed by atoms with Crippen LogP contribution in [0.2, 0.25) is 0 Å². The molecule has 25 heavy (non-hydrogen) atoms. The zero-order valence-electron chi connectivity index (χ0n) is 16.6. The van der Waals surface area contributed by atoms with Crippen molar-refractivity contribution in [3.8, 4) is 0 Å². The Morgan fingerprint density at radius 1 is 1.20 bits per heavy atom. The fourth-order valence-corrected chi connectivity index (χ4v) is 2.01. The maximum absolute atomic E-state index is 12.3. The summed E-state index contributed by atoms with van der Waals surface area (Å²) in [5.41, 5.74) is -0.741. The van der Waals surface area contributed by atoms with E-state index in [1.165, 1.54) is 0 Å². The maximum Gasteiger partial charge on any atom is 0.410 e. The van der Waals surface area contributed by atoms with Crippen LogP contribution < -0.4 is 10.6 Å². The van der Waals surface area contributed by atoms with Gasteiger partial charge in [-0.1, -0.05) is 0 Å². The van der Waals surface area contributed by atoms with Gasteiger partial charge in [-0.05, 0) is 47.5 Å². The molecule has 1 saturated carbocycles. The van der Waals surface area contributed by atoms with E-state index in [-0.39, 0.29) is 35.7 Å². The van der Waals surface area contributed by atoms with Gasteiger partial charge in [0, 0.05) is 39.8 Å². The second kappa shape index (κ2) is 10.4. The lowest BCUT2D eigenvalue weighted by Gasteiger charge is -2.28. The van der Waals surface area contributed by atoms with Gasteiger partial charge in [-0.15, -0.1) is 24.0 Å². The molecular formula is C17H35IN4O3. The SMILES string of the molecule is CN=C(NCCN(C(=O)OC(C)(C)C)C1CC1)NCC(C)(C)OC.I. The van der Waals surface area contributed by atoms with Crippen molar-refractivity contribution in [2.75, 3.05) is 33.8 Å². The van der Waals surface area contributed by atoms with Gasteiger partial charge in [-0.3, -0.25) is 4.99 Å². The van der Waals surface area contributed by atoms with Crippen molar-refractivity contribution < 1.29 is 14.3 Å². The second-order valence-electron chi connectivity index (χ2n) is 7.72. The molecule has 0 aromatic heterocycles. The van der Waals surface area contributed by atoms with Crippen LogP contribution in [-0.2, 0) is 9.47 Å². The van der Waals surface area contributed by atoms with Crippen LogP contribution in [0.1, 0.15) is 47.5 Å². The Balaban J connectivity index is 0.00000576. The molecule has 1 fully saturated rings. The van der Waals surface area contributed by atoms with Gasteiger partial charge >= 0.3 is 6.09 Å². The zero-order chi connectivity index (χ0) is 18.4. The topological polar surface area (TPSA) is 75.2 Å². The van der Waals surface area contributed by atoms with E-state index in [2.05, 4.69) is 15.6 Å². The highest BCUT2D eigenvalue weighted by Crippen LogP contribution is 2.27. The number of hydrogen-bond acceptors (Lipinski definition) is 4. The van der Waals surface area contributed by atoms with E-state index < -0.39 is 5.60 Å². The fraction of sp³-hybridized carbons (Fsp3) is 0.882. The molecule has 0 aliphatic heterocycles. The van der Waals surface area contributed by atoms with Crippen LogP contribution in [0, 0.1) is 0 Å². The highest BCUT2D eigenvalue weighted by Gasteiger charge is 2.34.